The molecule has 2 bridgehead atoms. The molecule has 2 unspecified atom stereocenters. The number of carbonyl (C=O) groups is 1. The Bertz CT molecular complexity index is 772. The molecular weight excluding hydrogens is 322 g/mol. The van der Waals surface area contributed by atoms with Crippen molar-refractivity contribution >= 4 is 5.78 Å². The van der Waals surface area contributed by atoms with Gasteiger partial charge in [0.2, 0.25) is 0 Å². The molecule has 0 amide bonds. The minimum atomic E-state index is 0.113. The first kappa shape index (κ1) is 17.4. The van der Waals surface area contributed by atoms with Crippen LogP contribution in [0.25, 0.3) is 0 Å². The van der Waals surface area contributed by atoms with Crippen LogP contribution in [0.15, 0.2) is 48.5 Å². The van der Waals surface area contributed by atoms with Crippen molar-refractivity contribution in [1.82, 2.24) is 4.90 Å². The Balaban J connectivity index is 1.51. The predicted molar refractivity (Wildman–Crippen MR) is 103 cm³/mol. The Morgan fingerprint density at radius 1 is 1.04 bits per heavy atom. The number of ether oxygens (including phenoxy) is 1. The molecule has 0 saturated carbocycles. The summed E-state index contributed by atoms with van der Waals surface area (Å²) >= 11 is 0. The molecule has 2 fully saturated rings. The highest BCUT2D eigenvalue weighted by atomic mass is 16.5. The van der Waals surface area contributed by atoms with Crippen LogP contribution in [0.5, 0.6) is 0 Å². The van der Waals surface area contributed by atoms with Gasteiger partial charge in [0.05, 0.1) is 13.2 Å². The van der Waals surface area contributed by atoms with Crippen LogP contribution in [-0.2, 0) is 11.3 Å². The van der Waals surface area contributed by atoms with E-state index < -0.39 is 0 Å². The van der Waals surface area contributed by atoms with Crippen molar-refractivity contribution in [3.8, 4) is 0 Å². The van der Waals surface area contributed by atoms with E-state index in [-0.39, 0.29) is 5.92 Å². The van der Waals surface area contributed by atoms with Gasteiger partial charge in [0.25, 0.3) is 0 Å². The average molecular weight is 349 g/mol. The van der Waals surface area contributed by atoms with E-state index in [4.69, 9.17) is 4.74 Å². The number of ketones is 1. The number of morpholine rings is 1. The van der Waals surface area contributed by atoms with Gasteiger partial charge in [-0.2, -0.15) is 0 Å². The molecule has 2 aliphatic heterocycles. The fraction of sp³-hybridized carbons (Fsp3) is 0.435. The molecule has 0 aromatic heterocycles. The third-order valence-electron chi connectivity index (χ3n) is 5.90. The minimum absolute atomic E-state index is 0.113. The van der Waals surface area contributed by atoms with Gasteiger partial charge in [-0.15, -0.1) is 0 Å². The quantitative estimate of drug-likeness (QED) is 0.776. The largest absolute Gasteiger partial charge is 0.378 e. The van der Waals surface area contributed by atoms with Crippen LogP contribution in [0.4, 0.5) is 0 Å². The van der Waals surface area contributed by atoms with E-state index in [1.807, 2.05) is 6.07 Å². The van der Waals surface area contributed by atoms with Crippen molar-refractivity contribution in [3.63, 3.8) is 0 Å². The van der Waals surface area contributed by atoms with Crippen LogP contribution in [0.2, 0.25) is 0 Å². The zero-order chi connectivity index (χ0) is 18.1. The van der Waals surface area contributed by atoms with Gasteiger partial charge in [-0.1, -0.05) is 54.1 Å². The number of rotatable bonds is 4. The maximum atomic E-state index is 13.2. The molecule has 136 valence electrons. The van der Waals surface area contributed by atoms with Crippen LogP contribution >= 0.6 is 0 Å². The molecule has 2 atom stereocenters. The van der Waals surface area contributed by atoms with E-state index in [0.717, 1.165) is 43.7 Å². The predicted octanol–water partition coefficient (Wildman–Crippen LogP) is 4.17. The van der Waals surface area contributed by atoms with Gasteiger partial charge in [0, 0.05) is 30.1 Å². The van der Waals surface area contributed by atoms with Crippen LogP contribution in [0.1, 0.15) is 39.9 Å². The first-order valence-corrected chi connectivity index (χ1v) is 9.60. The zero-order valence-corrected chi connectivity index (χ0v) is 15.7. The Labute approximate surface area is 156 Å². The van der Waals surface area contributed by atoms with E-state index >= 15 is 0 Å². The molecule has 2 aromatic carbocycles. The molecule has 26 heavy (non-hydrogen) atoms. The van der Waals surface area contributed by atoms with E-state index in [1.54, 1.807) is 0 Å². The monoisotopic (exact) mass is 349 g/mol. The summed E-state index contributed by atoms with van der Waals surface area (Å²) in [6, 6.07) is 17.5. The second-order valence-corrected chi connectivity index (χ2v) is 7.85. The van der Waals surface area contributed by atoms with E-state index in [9.17, 15) is 4.79 Å². The fourth-order valence-corrected chi connectivity index (χ4v) is 4.57. The van der Waals surface area contributed by atoms with Gasteiger partial charge in [0.1, 0.15) is 0 Å². The number of hydrogen-bond donors (Lipinski definition) is 0. The van der Waals surface area contributed by atoms with Gasteiger partial charge in [0.15, 0.2) is 5.78 Å². The summed E-state index contributed by atoms with van der Waals surface area (Å²) in [5.41, 5.74) is 4.55. The van der Waals surface area contributed by atoms with Crippen molar-refractivity contribution in [1.29, 1.82) is 0 Å². The van der Waals surface area contributed by atoms with Crippen molar-refractivity contribution in [2.24, 2.45) is 5.92 Å². The summed E-state index contributed by atoms with van der Waals surface area (Å²) < 4.78 is 5.82. The van der Waals surface area contributed by atoms with Gasteiger partial charge < -0.3 is 4.74 Å². The van der Waals surface area contributed by atoms with E-state index in [1.165, 1.54) is 11.1 Å². The van der Waals surface area contributed by atoms with Gasteiger partial charge in [-0.25, -0.2) is 0 Å². The maximum absolute atomic E-state index is 13.2. The zero-order valence-electron chi connectivity index (χ0n) is 15.7. The van der Waals surface area contributed by atoms with Crippen molar-refractivity contribution in [3.05, 3.63) is 70.8 Å². The minimum Gasteiger partial charge on any atom is -0.378 e. The number of nitrogens with zero attached hydrogens (tertiary/aromatic N) is 1. The highest BCUT2D eigenvalue weighted by Gasteiger charge is 2.41. The summed E-state index contributed by atoms with van der Waals surface area (Å²) in [5, 5.41) is 0. The second kappa shape index (κ2) is 7.34. The van der Waals surface area contributed by atoms with Crippen molar-refractivity contribution in [2.45, 2.75) is 45.3 Å². The SMILES string of the molecule is Cc1ccc(C(=O)C2CC3COCC(C2)N3Cc2ccccc2)c(C)c1. The normalized spacial score (nSPS) is 25.8. The molecule has 0 N–H and O–H groups in total. The number of piperidine rings is 1. The van der Waals surface area contributed by atoms with Crippen LogP contribution < -0.4 is 0 Å². The standard InChI is InChI=1S/C23H27NO2/c1-16-8-9-22(17(2)10-16)23(25)19-11-20-14-26-15-21(12-19)24(20)13-18-6-4-3-5-7-18/h3-10,19-21H,11-15H2,1-2H3. The molecular formula is C23H27NO2. The smallest absolute Gasteiger partial charge is 0.166 e. The summed E-state index contributed by atoms with van der Waals surface area (Å²) in [6.07, 6.45) is 1.80. The summed E-state index contributed by atoms with van der Waals surface area (Å²) in [7, 11) is 0. The first-order valence-electron chi connectivity index (χ1n) is 9.60. The number of Topliss-reactive ketones (excluding diaryl/α,β-unsaturated/α-hetero) is 1. The summed E-state index contributed by atoms with van der Waals surface area (Å²) in [6.45, 7) is 6.55. The molecule has 4 rings (SSSR count). The Hall–Kier alpha value is -1.97. The number of carbonyl (C=O) groups excluding carboxylic acids is 1. The molecule has 2 aliphatic rings. The first-order chi connectivity index (χ1) is 12.6. The average Bonchev–Trinajstić information content (AvgIpc) is 2.62. The maximum Gasteiger partial charge on any atom is 0.166 e. The molecule has 0 aliphatic carbocycles. The van der Waals surface area contributed by atoms with E-state index in [2.05, 4.69) is 61.2 Å². The van der Waals surface area contributed by atoms with Gasteiger partial charge >= 0.3 is 0 Å². The lowest BCUT2D eigenvalue weighted by atomic mass is 9.79. The third kappa shape index (κ3) is 3.46. The lowest BCUT2D eigenvalue weighted by Gasteiger charge is -2.48. The molecule has 2 saturated heterocycles. The second-order valence-electron chi connectivity index (χ2n) is 7.85. The summed E-state index contributed by atoms with van der Waals surface area (Å²) in [4.78, 5) is 15.7. The van der Waals surface area contributed by atoms with Crippen LogP contribution in [-0.4, -0.2) is 36.0 Å². The van der Waals surface area contributed by atoms with Crippen LogP contribution in [0.3, 0.4) is 0 Å². The Morgan fingerprint density at radius 2 is 1.73 bits per heavy atom. The third-order valence-corrected chi connectivity index (χ3v) is 5.90. The highest BCUT2D eigenvalue weighted by Crippen LogP contribution is 2.35. The topological polar surface area (TPSA) is 29.5 Å². The number of hydrogen-bond acceptors (Lipinski definition) is 3. The number of benzene rings is 2. The highest BCUT2D eigenvalue weighted by molar-refractivity contribution is 5.99. The van der Waals surface area contributed by atoms with Gasteiger partial charge in [-0.3, -0.25) is 9.69 Å². The molecule has 0 radical (unpaired) electrons. The Kier molecular flexibility index (Phi) is 4.92. The molecule has 2 aromatic rings. The van der Waals surface area contributed by atoms with Crippen LogP contribution in [0, 0.1) is 19.8 Å². The molecule has 3 nitrogen and oxygen atoms in total. The molecule has 3 heteroatoms. The number of fused-ring (bicyclic) bond motifs is 2. The number of aryl methyl sites for hydroxylation is 2. The summed E-state index contributed by atoms with van der Waals surface area (Å²) in [5.74, 6) is 0.432. The van der Waals surface area contributed by atoms with E-state index in [0.29, 0.717) is 17.9 Å². The van der Waals surface area contributed by atoms with Gasteiger partial charge in [-0.05, 0) is 37.8 Å². The lowest BCUT2D eigenvalue weighted by Crippen LogP contribution is -2.57. The Morgan fingerprint density at radius 3 is 2.38 bits per heavy atom. The van der Waals surface area contributed by atoms with Crippen molar-refractivity contribution in [2.75, 3.05) is 13.2 Å². The van der Waals surface area contributed by atoms with Crippen molar-refractivity contribution < 1.29 is 9.53 Å². The fourth-order valence-electron chi connectivity index (χ4n) is 4.57. The lowest BCUT2D eigenvalue weighted by molar-refractivity contribution is -0.0872. The molecule has 2 heterocycles. The molecule has 0 spiro atoms.